The van der Waals surface area contributed by atoms with Crippen LogP contribution in [0.15, 0.2) is 46.0 Å². The number of rotatable bonds is 8. The second-order valence-corrected chi connectivity index (χ2v) is 6.49. The van der Waals surface area contributed by atoms with Crippen LogP contribution in [-0.4, -0.2) is 43.9 Å². The van der Waals surface area contributed by atoms with Gasteiger partial charge in [-0.15, -0.1) is 0 Å². The van der Waals surface area contributed by atoms with Crippen molar-refractivity contribution in [3.05, 3.63) is 52.0 Å². The first-order valence-electron chi connectivity index (χ1n) is 8.25. The first-order chi connectivity index (χ1) is 13.4. The fourth-order valence-electron chi connectivity index (χ4n) is 2.21. The lowest BCUT2D eigenvalue weighted by molar-refractivity contribution is -0.120. The van der Waals surface area contributed by atoms with E-state index in [9.17, 15) is 14.7 Å². The summed E-state index contributed by atoms with van der Waals surface area (Å²) in [4.78, 5) is 23.8. The van der Waals surface area contributed by atoms with E-state index in [0.29, 0.717) is 21.3 Å². The predicted octanol–water partition coefficient (Wildman–Crippen LogP) is 2.44. The van der Waals surface area contributed by atoms with Crippen molar-refractivity contribution in [3.8, 4) is 17.2 Å². The smallest absolute Gasteiger partial charge is 0.251 e. The Morgan fingerprint density at radius 1 is 1.18 bits per heavy atom. The number of amides is 2. The zero-order valence-corrected chi connectivity index (χ0v) is 16.9. The first-order valence-corrected chi connectivity index (χ1v) is 9.04. The van der Waals surface area contributed by atoms with Gasteiger partial charge in [-0.1, -0.05) is 15.9 Å². The molecule has 0 radical (unpaired) electrons. The molecule has 0 spiro atoms. The molecule has 0 bridgehead atoms. The van der Waals surface area contributed by atoms with Gasteiger partial charge in [0.25, 0.3) is 5.91 Å². The summed E-state index contributed by atoms with van der Waals surface area (Å²) in [5.41, 5.74) is 3.18. The number of nitrogens with one attached hydrogen (secondary N) is 2. The summed E-state index contributed by atoms with van der Waals surface area (Å²) >= 11 is 3.30. The highest BCUT2D eigenvalue weighted by molar-refractivity contribution is 9.10. The highest BCUT2D eigenvalue weighted by Gasteiger charge is 2.09. The van der Waals surface area contributed by atoms with E-state index >= 15 is 0 Å². The van der Waals surface area contributed by atoms with E-state index in [1.807, 2.05) is 0 Å². The lowest BCUT2D eigenvalue weighted by Gasteiger charge is -2.07. The van der Waals surface area contributed by atoms with Crippen LogP contribution in [0.5, 0.6) is 17.2 Å². The topological polar surface area (TPSA) is 109 Å². The van der Waals surface area contributed by atoms with Crippen LogP contribution < -0.4 is 20.2 Å². The van der Waals surface area contributed by atoms with Gasteiger partial charge in [-0.3, -0.25) is 9.59 Å². The van der Waals surface area contributed by atoms with Crippen molar-refractivity contribution >= 4 is 34.0 Å². The molecular formula is C19H20BrN3O5. The predicted molar refractivity (Wildman–Crippen MR) is 108 cm³/mol. The Bertz CT molecular complexity index is 869. The van der Waals surface area contributed by atoms with Gasteiger partial charge in [0, 0.05) is 28.6 Å². The standard InChI is InChI=1S/C19H20BrN3O5/c1-27-15-5-3-12(4-6-15)19(26)21-8-7-17(24)23-22-11-13-9-14(20)10-16(28-2)18(13)25/h3-6,9-11,25H,7-8H2,1-2H3,(H,21,26)(H,23,24). The molecule has 0 saturated carbocycles. The van der Waals surface area contributed by atoms with E-state index in [1.54, 1.807) is 43.5 Å². The van der Waals surface area contributed by atoms with Gasteiger partial charge < -0.3 is 19.9 Å². The number of phenols is 1. The second-order valence-electron chi connectivity index (χ2n) is 5.57. The summed E-state index contributed by atoms with van der Waals surface area (Å²) in [5, 5.41) is 16.5. The molecule has 3 N–H and O–H groups in total. The van der Waals surface area contributed by atoms with Crippen molar-refractivity contribution in [1.29, 1.82) is 0 Å². The third kappa shape index (κ3) is 5.98. The van der Waals surface area contributed by atoms with E-state index in [-0.39, 0.29) is 36.3 Å². The quantitative estimate of drug-likeness (QED) is 0.423. The van der Waals surface area contributed by atoms with Gasteiger partial charge in [0.1, 0.15) is 5.75 Å². The number of carbonyl (C=O) groups excluding carboxylic acids is 2. The third-order valence-electron chi connectivity index (χ3n) is 3.67. The molecule has 9 heteroatoms. The maximum absolute atomic E-state index is 12.0. The molecule has 0 aliphatic carbocycles. The molecule has 28 heavy (non-hydrogen) atoms. The van der Waals surface area contributed by atoms with Crippen molar-refractivity contribution in [2.24, 2.45) is 5.10 Å². The van der Waals surface area contributed by atoms with Crippen LogP contribution in [0, 0.1) is 0 Å². The molecule has 0 aliphatic heterocycles. The van der Waals surface area contributed by atoms with Gasteiger partial charge in [-0.2, -0.15) is 5.10 Å². The van der Waals surface area contributed by atoms with E-state index in [4.69, 9.17) is 9.47 Å². The molecule has 148 valence electrons. The number of carbonyl (C=O) groups is 2. The molecule has 2 amide bonds. The molecule has 0 atom stereocenters. The van der Waals surface area contributed by atoms with E-state index in [1.165, 1.54) is 13.3 Å². The zero-order valence-electron chi connectivity index (χ0n) is 15.4. The summed E-state index contributed by atoms with van der Waals surface area (Å²) in [6, 6.07) is 9.87. The fourth-order valence-corrected chi connectivity index (χ4v) is 2.67. The maximum Gasteiger partial charge on any atom is 0.251 e. The number of methoxy groups -OCH3 is 2. The molecule has 2 aromatic rings. The van der Waals surface area contributed by atoms with Gasteiger partial charge in [0.15, 0.2) is 11.5 Å². The number of nitrogens with zero attached hydrogens (tertiary/aromatic N) is 1. The van der Waals surface area contributed by atoms with Crippen molar-refractivity contribution in [1.82, 2.24) is 10.7 Å². The molecule has 0 unspecified atom stereocenters. The number of hydrogen-bond acceptors (Lipinski definition) is 6. The molecule has 0 aliphatic rings. The summed E-state index contributed by atoms with van der Waals surface area (Å²) in [6.45, 7) is 0.155. The molecule has 2 aromatic carbocycles. The molecule has 0 fully saturated rings. The molecule has 0 aromatic heterocycles. The van der Waals surface area contributed by atoms with Gasteiger partial charge in [-0.25, -0.2) is 5.43 Å². The Hall–Kier alpha value is -3.07. The Kier molecular flexibility index (Phi) is 7.82. The number of phenolic OH excluding ortho intramolecular Hbond substituents is 1. The summed E-state index contributed by atoms with van der Waals surface area (Å²) < 4.78 is 10.8. The Balaban J connectivity index is 1.80. The summed E-state index contributed by atoms with van der Waals surface area (Å²) in [5.74, 6) is 0.180. The monoisotopic (exact) mass is 449 g/mol. The molecule has 0 saturated heterocycles. The van der Waals surface area contributed by atoms with Crippen LogP contribution in [0.4, 0.5) is 0 Å². The number of aromatic hydroxyl groups is 1. The van der Waals surface area contributed by atoms with E-state index < -0.39 is 0 Å². The van der Waals surface area contributed by atoms with Crippen LogP contribution in [0.2, 0.25) is 0 Å². The van der Waals surface area contributed by atoms with Gasteiger partial charge in [-0.05, 0) is 36.4 Å². The third-order valence-corrected chi connectivity index (χ3v) is 4.13. The van der Waals surface area contributed by atoms with Crippen molar-refractivity contribution in [2.45, 2.75) is 6.42 Å². The minimum absolute atomic E-state index is 0.0486. The number of ether oxygens (including phenoxy) is 2. The Morgan fingerprint density at radius 3 is 2.54 bits per heavy atom. The van der Waals surface area contributed by atoms with E-state index in [0.717, 1.165) is 0 Å². The van der Waals surface area contributed by atoms with Crippen molar-refractivity contribution < 1.29 is 24.2 Å². The van der Waals surface area contributed by atoms with Crippen LogP contribution in [-0.2, 0) is 4.79 Å². The molecule has 0 heterocycles. The van der Waals surface area contributed by atoms with Crippen LogP contribution in [0.1, 0.15) is 22.3 Å². The maximum atomic E-state index is 12.0. The average molecular weight is 450 g/mol. The molecule has 8 nitrogen and oxygen atoms in total. The zero-order chi connectivity index (χ0) is 20.5. The minimum Gasteiger partial charge on any atom is -0.504 e. The minimum atomic E-state index is -0.382. The van der Waals surface area contributed by atoms with E-state index in [2.05, 4.69) is 31.8 Å². The summed E-state index contributed by atoms with van der Waals surface area (Å²) in [7, 11) is 2.98. The number of halogens is 1. The average Bonchev–Trinajstić information content (AvgIpc) is 2.70. The lowest BCUT2D eigenvalue weighted by atomic mass is 10.2. The van der Waals surface area contributed by atoms with Gasteiger partial charge in [0.05, 0.1) is 20.4 Å². The Morgan fingerprint density at radius 2 is 1.89 bits per heavy atom. The SMILES string of the molecule is COc1ccc(C(=O)NCCC(=O)NN=Cc2cc(Br)cc(OC)c2O)cc1. The first kappa shape index (κ1) is 21.2. The second kappa shape index (κ2) is 10.3. The van der Waals surface area contributed by atoms with Crippen LogP contribution >= 0.6 is 15.9 Å². The highest BCUT2D eigenvalue weighted by atomic mass is 79.9. The fraction of sp³-hybridized carbons (Fsp3) is 0.211. The van der Waals surface area contributed by atoms with Crippen molar-refractivity contribution in [2.75, 3.05) is 20.8 Å². The Labute approximate surface area is 170 Å². The van der Waals surface area contributed by atoms with Crippen LogP contribution in [0.3, 0.4) is 0 Å². The lowest BCUT2D eigenvalue weighted by Crippen LogP contribution is -2.29. The van der Waals surface area contributed by atoms with Crippen molar-refractivity contribution in [3.63, 3.8) is 0 Å². The number of hydrogen-bond donors (Lipinski definition) is 3. The number of benzene rings is 2. The highest BCUT2D eigenvalue weighted by Crippen LogP contribution is 2.32. The largest absolute Gasteiger partial charge is 0.504 e. The van der Waals surface area contributed by atoms with Gasteiger partial charge >= 0.3 is 0 Å². The number of hydrazone groups is 1. The summed E-state index contributed by atoms with van der Waals surface area (Å²) in [6.07, 6.45) is 1.35. The molecular weight excluding hydrogens is 430 g/mol. The van der Waals surface area contributed by atoms with Gasteiger partial charge in [0.2, 0.25) is 5.91 Å². The molecule has 2 rings (SSSR count). The van der Waals surface area contributed by atoms with Crippen LogP contribution in [0.25, 0.3) is 0 Å². The normalized spacial score (nSPS) is 10.5.